The predicted molar refractivity (Wildman–Crippen MR) is 71.7 cm³/mol. The van der Waals surface area contributed by atoms with Crippen LogP contribution < -0.4 is 5.73 Å². The van der Waals surface area contributed by atoms with Crippen LogP contribution in [-0.2, 0) is 10.0 Å². The summed E-state index contributed by atoms with van der Waals surface area (Å²) in [6, 6.07) is 3.62. The fraction of sp³-hybridized carbons (Fsp3) is 0.500. The van der Waals surface area contributed by atoms with Gasteiger partial charge >= 0.3 is 0 Å². The summed E-state index contributed by atoms with van der Waals surface area (Å²) in [4.78, 5) is 1.82. The number of nitrogen functional groups attached to an aromatic ring is 1. The van der Waals surface area contributed by atoms with Crippen molar-refractivity contribution in [3.63, 3.8) is 0 Å². The van der Waals surface area contributed by atoms with E-state index in [1.807, 2.05) is 6.92 Å². The lowest BCUT2D eigenvalue weighted by molar-refractivity contribution is 0.196. The monoisotopic (exact) mass is 287 g/mol. The van der Waals surface area contributed by atoms with Crippen LogP contribution in [0.25, 0.3) is 0 Å². The van der Waals surface area contributed by atoms with Crippen molar-refractivity contribution in [3.8, 4) is 0 Å². The summed E-state index contributed by atoms with van der Waals surface area (Å²) in [5, 5.41) is 0. The molecule has 0 aliphatic carbocycles. The third kappa shape index (κ3) is 2.88. The van der Waals surface area contributed by atoms with Crippen molar-refractivity contribution in [2.45, 2.75) is 11.8 Å². The number of sulfonamides is 1. The van der Waals surface area contributed by atoms with Gasteiger partial charge < -0.3 is 10.6 Å². The average molecular weight is 287 g/mol. The molecular weight excluding hydrogens is 269 g/mol. The molecule has 1 aliphatic heterocycles. The van der Waals surface area contributed by atoms with E-state index in [4.69, 9.17) is 5.73 Å². The Hall–Kier alpha value is -1.18. The van der Waals surface area contributed by atoms with Crippen molar-refractivity contribution in [3.05, 3.63) is 24.0 Å². The lowest BCUT2D eigenvalue weighted by atomic mass is 10.3. The van der Waals surface area contributed by atoms with Crippen LogP contribution in [0, 0.1) is 5.82 Å². The maximum absolute atomic E-state index is 13.7. The minimum Gasteiger partial charge on any atom is -0.399 e. The highest BCUT2D eigenvalue weighted by atomic mass is 32.2. The summed E-state index contributed by atoms with van der Waals surface area (Å²) in [5.74, 6) is -0.757. The number of nitrogens with zero attached hydrogens (tertiary/aromatic N) is 2. The van der Waals surface area contributed by atoms with Gasteiger partial charge in [0.15, 0.2) is 0 Å². The van der Waals surface area contributed by atoms with E-state index in [0.29, 0.717) is 26.2 Å². The van der Waals surface area contributed by atoms with E-state index >= 15 is 0 Å². The van der Waals surface area contributed by atoms with Gasteiger partial charge in [0.1, 0.15) is 10.7 Å². The van der Waals surface area contributed by atoms with Crippen molar-refractivity contribution in [2.24, 2.45) is 0 Å². The number of nitrogens with two attached hydrogens (primary N) is 1. The quantitative estimate of drug-likeness (QED) is 0.833. The molecule has 2 N–H and O–H groups in total. The normalized spacial score (nSPS) is 18.6. The third-order valence-electron chi connectivity index (χ3n) is 3.35. The fourth-order valence-corrected chi connectivity index (χ4v) is 3.66. The Morgan fingerprint density at radius 3 is 2.47 bits per heavy atom. The van der Waals surface area contributed by atoms with E-state index in [2.05, 4.69) is 4.90 Å². The molecule has 0 amide bonds. The summed E-state index contributed by atoms with van der Waals surface area (Å²) < 4.78 is 39.7. The van der Waals surface area contributed by atoms with Crippen molar-refractivity contribution in [2.75, 3.05) is 38.5 Å². The minimum atomic E-state index is -3.80. The van der Waals surface area contributed by atoms with Gasteiger partial charge in [-0.2, -0.15) is 4.31 Å². The number of hydrogen-bond donors (Lipinski definition) is 1. The smallest absolute Gasteiger partial charge is 0.246 e. The van der Waals surface area contributed by atoms with Gasteiger partial charge in [0.25, 0.3) is 0 Å². The Balaban J connectivity index is 2.26. The zero-order valence-electron chi connectivity index (χ0n) is 10.8. The molecule has 1 saturated heterocycles. The average Bonchev–Trinajstić information content (AvgIpc) is 2.41. The van der Waals surface area contributed by atoms with E-state index in [9.17, 15) is 12.8 Å². The van der Waals surface area contributed by atoms with E-state index < -0.39 is 15.8 Å². The van der Waals surface area contributed by atoms with Gasteiger partial charge in [0.2, 0.25) is 10.0 Å². The lowest BCUT2D eigenvalue weighted by Gasteiger charge is -2.33. The van der Waals surface area contributed by atoms with Crippen LogP contribution in [0.4, 0.5) is 10.1 Å². The molecule has 1 aromatic rings. The van der Waals surface area contributed by atoms with Gasteiger partial charge in [-0.1, -0.05) is 6.92 Å². The Labute approximate surface area is 112 Å². The van der Waals surface area contributed by atoms with Gasteiger partial charge in [-0.15, -0.1) is 0 Å². The zero-order valence-corrected chi connectivity index (χ0v) is 11.7. The molecule has 1 heterocycles. The first-order chi connectivity index (χ1) is 8.95. The number of anilines is 1. The molecule has 1 aromatic carbocycles. The van der Waals surface area contributed by atoms with Crippen molar-refractivity contribution in [1.29, 1.82) is 0 Å². The van der Waals surface area contributed by atoms with Crippen LogP contribution in [-0.4, -0.2) is 50.3 Å². The summed E-state index contributed by atoms with van der Waals surface area (Å²) in [7, 11) is -3.80. The Morgan fingerprint density at radius 2 is 1.89 bits per heavy atom. The molecule has 0 aromatic heterocycles. The number of benzene rings is 1. The second-order valence-corrected chi connectivity index (χ2v) is 6.43. The highest BCUT2D eigenvalue weighted by molar-refractivity contribution is 7.89. The maximum Gasteiger partial charge on any atom is 0.246 e. The molecule has 1 aliphatic rings. The Morgan fingerprint density at radius 1 is 1.26 bits per heavy atom. The van der Waals surface area contributed by atoms with Gasteiger partial charge in [0.05, 0.1) is 0 Å². The highest BCUT2D eigenvalue weighted by Crippen LogP contribution is 2.22. The SMILES string of the molecule is CCN1CCN(S(=O)(=O)c2cc(N)ccc2F)CC1. The van der Waals surface area contributed by atoms with Crippen molar-refractivity contribution >= 4 is 15.7 Å². The number of hydrogen-bond acceptors (Lipinski definition) is 4. The Bertz CT molecular complexity index is 554. The second kappa shape index (κ2) is 5.44. The zero-order chi connectivity index (χ0) is 14.0. The van der Waals surface area contributed by atoms with E-state index in [1.165, 1.54) is 16.4 Å². The van der Waals surface area contributed by atoms with Crippen LogP contribution in [0.1, 0.15) is 6.92 Å². The molecule has 0 radical (unpaired) electrons. The van der Waals surface area contributed by atoms with E-state index in [-0.39, 0.29) is 10.6 Å². The van der Waals surface area contributed by atoms with Gasteiger partial charge in [-0.05, 0) is 24.7 Å². The van der Waals surface area contributed by atoms with Crippen molar-refractivity contribution < 1.29 is 12.8 Å². The molecule has 0 spiro atoms. The van der Waals surface area contributed by atoms with Gasteiger partial charge in [-0.3, -0.25) is 0 Å². The molecule has 106 valence electrons. The summed E-state index contributed by atoms with van der Waals surface area (Å²) in [5.41, 5.74) is 5.78. The number of piperazine rings is 1. The largest absolute Gasteiger partial charge is 0.399 e. The molecule has 7 heteroatoms. The van der Waals surface area contributed by atoms with Gasteiger partial charge in [-0.25, -0.2) is 12.8 Å². The molecule has 19 heavy (non-hydrogen) atoms. The molecule has 0 saturated carbocycles. The first kappa shape index (κ1) is 14.2. The van der Waals surface area contributed by atoms with Crippen LogP contribution in [0.2, 0.25) is 0 Å². The summed E-state index contributed by atoms with van der Waals surface area (Å²) in [6.07, 6.45) is 0. The molecule has 0 atom stereocenters. The molecule has 5 nitrogen and oxygen atoms in total. The molecule has 0 bridgehead atoms. The standard InChI is InChI=1S/C12H18FN3O2S/c1-2-15-5-7-16(8-6-15)19(17,18)12-9-10(14)3-4-11(12)13/h3-4,9H,2,5-8,14H2,1H3. The number of halogens is 1. The second-order valence-electron chi connectivity index (χ2n) is 4.53. The fourth-order valence-electron chi connectivity index (χ4n) is 2.14. The van der Waals surface area contributed by atoms with E-state index in [0.717, 1.165) is 12.6 Å². The first-order valence-corrected chi connectivity index (χ1v) is 7.66. The molecule has 1 fully saturated rings. The van der Waals surface area contributed by atoms with Gasteiger partial charge in [0, 0.05) is 31.9 Å². The topological polar surface area (TPSA) is 66.6 Å². The number of rotatable bonds is 3. The maximum atomic E-state index is 13.7. The predicted octanol–water partition coefficient (Wildman–Crippen LogP) is 0.734. The van der Waals surface area contributed by atoms with Crippen LogP contribution >= 0.6 is 0 Å². The minimum absolute atomic E-state index is 0.243. The van der Waals surface area contributed by atoms with Crippen LogP contribution in [0.3, 0.4) is 0 Å². The summed E-state index contributed by atoms with van der Waals surface area (Å²) in [6.45, 7) is 5.01. The molecule has 0 unspecified atom stereocenters. The van der Waals surface area contributed by atoms with Crippen molar-refractivity contribution in [1.82, 2.24) is 9.21 Å². The Kier molecular flexibility index (Phi) is 4.07. The van der Waals surface area contributed by atoms with Crippen LogP contribution in [0.5, 0.6) is 0 Å². The highest BCUT2D eigenvalue weighted by Gasteiger charge is 2.30. The number of likely N-dealkylation sites (N-methyl/N-ethyl adjacent to an activating group) is 1. The van der Waals surface area contributed by atoms with Crippen LogP contribution in [0.15, 0.2) is 23.1 Å². The molecular formula is C12H18FN3O2S. The first-order valence-electron chi connectivity index (χ1n) is 6.22. The third-order valence-corrected chi connectivity index (χ3v) is 5.27. The summed E-state index contributed by atoms with van der Waals surface area (Å²) >= 11 is 0. The molecule has 2 rings (SSSR count). The van der Waals surface area contributed by atoms with E-state index in [1.54, 1.807) is 0 Å². The lowest BCUT2D eigenvalue weighted by Crippen LogP contribution is -2.48.